The third kappa shape index (κ3) is 4.79. The Morgan fingerprint density at radius 1 is 1.06 bits per heavy atom. The molecule has 1 aromatic carbocycles. The van der Waals surface area contributed by atoms with E-state index in [1.807, 2.05) is 0 Å². The van der Waals surface area contributed by atoms with Crippen LogP contribution in [-0.2, 0) is 11.3 Å². The van der Waals surface area contributed by atoms with Crippen molar-refractivity contribution in [1.29, 1.82) is 0 Å². The molecule has 0 saturated carbocycles. The maximum atomic E-state index is 12.7. The molecule has 0 radical (unpaired) electrons. The quantitative estimate of drug-likeness (QED) is 0.474. The number of carbonyl (C=O) groups is 2. The average molecular weight is 435 g/mol. The third-order valence-corrected chi connectivity index (χ3v) is 4.87. The zero-order valence-corrected chi connectivity index (χ0v) is 17.0. The minimum atomic E-state index is -4.42. The Morgan fingerprint density at radius 2 is 1.71 bits per heavy atom. The Hall–Kier alpha value is -3.56. The fourth-order valence-corrected chi connectivity index (χ4v) is 3.32. The number of alkyl halides is 3. The largest absolute Gasteiger partial charge is 0.454 e. The highest BCUT2D eigenvalue weighted by molar-refractivity contribution is 6.00. The molecule has 31 heavy (non-hydrogen) atoms. The van der Waals surface area contributed by atoms with Gasteiger partial charge in [-0.2, -0.15) is 13.2 Å². The maximum absolute atomic E-state index is 12.7. The van der Waals surface area contributed by atoms with Crippen LogP contribution in [0.3, 0.4) is 0 Å². The molecule has 0 atom stereocenters. The lowest BCUT2D eigenvalue weighted by Gasteiger charge is -2.12. The number of imidazole rings is 1. The molecule has 2 aromatic heterocycles. The van der Waals surface area contributed by atoms with Crippen LogP contribution in [0.1, 0.15) is 37.8 Å². The van der Waals surface area contributed by atoms with Gasteiger partial charge in [0.1, 0.15) is 6.54 Å². The maximum Gasteiger partial charge on any atom is 0.406 e. The zero-order chi connectivity index (χ0) is 22.9. The number of aromatic amines is 1. The number of hydrogen-bond acceptors (Lipinski definition) is 4. The second-order valence-corrected chi connectivity index (χ2v) is 7.10. The summed E-state index contributed by atoms with van der Waals surface area (Å²) in [5, 5.41) is 0. The number of H-pyrrole nitrogens is 1. The van der Waals surface area contributed by atoms with Crippen LogP contribution >= 0.6 is 0 Å². The van der Waals surface area contributed by atoms with Gasteiger partial charge in [0.2, 0.25) is 5.78 Å². The van der Waals surface area contributed by atoms with Crippen molar-refractivity contribution in [2.24, 2.45) is 0 Å². The van der Waals surface area contributed by atoms with Crippen LogP contribution < -0.4 is 5.69 Å². The van der Waals surface area contributed by atoms with E-state index in [9.17, 15) is 27.6 Å². The molecule has 164 valence electrons. The first-order valence-electron chi connectivity index (χ1n) is 9.29. The number of carbonyl (C=O) groups excluding carboxylic acids is 2. The molecule has 0 aliphatic heterocycles. The molecular weight excluding hydrogens is 415 g/mol. The Kier molecular flexibility index (Phi) is 5.92. The van der Waals surface area contributed by atoms with Gasteiger partial charge in [0.25, 0.3) is 0 Å². The summed E-state index contributed by atoms with van der Waals surface area (Å²) in [6.07, 6.45) is -2.86. The van der Waals surface area contributed by atoms with E-state index in [4.69, 9.17) is 4.74 Å². The Morgan fingerprint density at radius 3 is 2.26 bits per heavy atom. The summed E-state index contributed by atoms with van der Waals surface area (Å²) in [6, 6.07) is 7.38. The predicted octanol–water partition coefficient (Wildman–Crippen LogP) is 3.49. The normalized spacial score (nSPS) is 11.5. The molecule has 2 heterocycles. The molecule has 0 amide bonds. The van der Waals surface area contributed by atoms with Gasteiger partial charge in [-0.1, -0.05) is 0 Å². The molecule has 0 bridgehead atoms. The van der Waals surface area contributed by atoms with Gasteiger partial charge in [-0.25, -0.2) is 9.59 Å². The fraction of sp³-hybridized carbons (Fsp3) is 0.286. The van der Waals surface area contributed by atoms with Crippen LogP contribution in [0.15, 0.2) is 41.3 Å². The summed E-state index contributed by atoms with van der Waals surface area (Å²) in [5.41, 5.74) is 1.61. The zero-order valence-electron chi connectivity index (χ0n) is 17.0. The summed E-state index contributed by atoms with van der Waals surface area (Å²) < 4.78 is 45.6. The molecule has 0 fully saturated rings. The van der Waals surface area contributed by atoms with Gasteiger partial charge in [0, 0.05) is 28.8 Å². The number of ether oxygens (including phenoxy) is 1. The van der Waals surface area contributed by atoms with Gasteiger partial charge in [0.15, 0.2) is 6.61 Å². The van der Waals surface area contributed by atoms with Crippen molar-refractivity contribution in [3.63, 3.8) is 0 Å². The van der Waals surface area contributed by atoms with E-state index in [2.05, 4.69) is 4.98 Å². The third-order valence-electron chi connectivity index (χ3n) is 4.87. The lowest BCUT2D eigenvalue weighted by Crippen LogP contribution is -2.20. The highest BCUT2D eigenvalue weighted by atomic mass is 19.4. The second-order valence-electron chi connectivity index (χ2n) is 7.10. The topological polar surface area (TPSA) is 86.1 Å². The Bertz CT molecular complexity index is 1180. The second kappa shape index (κ2) is 8.29. The lowest BCUT2D eigenvalue weighted by molar-refractivity contribution is -0.141. The summed E-state index contributed by atoms with van der Waals surface area (Å²) in [5.74, 6) is -1.36. The summed E-state index contributed by atoms with van der Waals surface area (Å²) >= 11 is 0. The van der Waals surface area contributed by atoms with Crippen LogP contribution in [0.4, 0.5) is 13.2 Å². The van der Waals surface area contributed by atoms with Gasteiger partial charge in [0.05, 0.1) is 11.3 Å². The summed E-state index contributed by atoms with van der Waals surface area (Å²) in [6.45, 7) is 2.83. The fourth-order valence-electron chi connectivity index (χ4n) is 3.32. The highest BCUT2D eigenvalue weighted by Crippen LogP contribution is 2.23. The van der Waals surface area contributed by atoms with Gasteiger partial charge < -0.3 is 14.3 Å². The molecule has 7 nitrogen and oxygen atoms in total. The van der Waals surface area contributed by atoms with Crippen molar-refractivity contribution in [3.05, 3.63) is 75.2 Å². The number of aromatic nitrogens is 3. The van der Waals surface area contributed by atoms with Crippen molar-refractivity contribution in [3.8, 4) is 5.69 Å². The van der Waals surface area contributed by atoms with Gasteiger partial charge in [-0.05, 0) is 51.1 Å². The van der Waals surface area contributed by atoms with Crippen LogP contribution in [-0.4, -0.2) is 38.7 Å². The smallest absolute Gasteiger partial charge is 0.406 e. The van der Waals surface area contributed by atoms with E-state index in [1.54, 1.807) is 25.3 Å². The molecule has 0 aliphatic carbocycles. The number of ketones is 1. The van der Waals surface area contributed by atoms with Crippen molar-refractivity contribution in [2.75, 3.05) is 6.61 Å². The van der Waals surface area contributed by atoms with Gasteiger partial charge in [-0.3, -0.25) is 9.36 Å². The number of aryl methyl sites for hydroxylation is 2. The standard InChI is InChI=1S/C21H20F3N3O4/c1-12-8-17(14(3)26(12)11-21(22,23)24)18(28)10-31-19(29)15-4-6-16(7-5-15)27-13(2)9-25-20(27)30/h4-9H,10-11H2,1-3H3,(H,25,30). The van der Waals surface area contributed by atoms with E-state index < -0.39 is 31.1 Å². The number of hydrogen-bond donors (Lipinski definition) is 1. The first-order valence-corrected chi connectivity index (χ1v) is 9.29. The van der Waals surface area contributed by atoms with E-state index in [1.165, 1.54) is 36.6 Å². The molecule has 3 rings (SSSR count). The first-order chi connectivity index (χ1) is 14.5. The number of nitrogens with zero attached hydrogens (tertiary/aromatic N) is 2. The van der Waals surface area contributed by atoms with Crippen LogP contribution in [0, 0.1) is 20.8 Å². The molecule has 0 aliphatic rings. The SMILES string of the molecule is Cc1cc(C(=O)COC(=O)c2ccc(-n3c(C)c[nH]c3=O)cc2)c(C)n1CC(F)(F)F. The van der Waals surface area contributed by atoms with Crippen LogP contribution in [0.2, 0.25) is 0 Å². The van der Waals surface area contributed by atoms with E-state index in [0.29, 0.717) is 11.4 Å². The minimum absolute atomic E-state index is 0.0761. The lowest BCUT2D eigenvalue weighted by atomic mass is 10.1. The van der Waals surface area contributed by atoms with Crippen molar-refractivity contribution < 1.29 is 27.5 Å². The monoisotopic (exact) mass is 435 g/mol. The Labute approximate surface area is 175 Å². The van der Waals surface area contributed by atoms with E-state index >= 15 is 0 Å². The van der Waals surface area contributed by atoms with Crippen molar-refractivity contribution in [2.45, 2.75) is 33.5 Å². The number of rotatable bonds is 6. The van der Waals surface area contributed by atoms with Gasteiger partial charge in [-0.15, -0.1) is 0 Å². The number of nitrogens with one attached hydrogen (secondary N) is 1. The van der Waals surface area contributed by atoms with Gasteiger partial charge >= 0.3 is 17.8 Å². The number of benzene rings is 1. The predicted molar refractivity (Wildman–Crippen MR) is 106 cm³/mol. The average Bonchev–Trinajstić information content (AvgIpc) is 3.18. The minimum Gasteiger partial charge on any atom is -0.454 e. The van der Waals surface area contributed by atoms with E-state index in [0.717, 1.165) is 4.57 Å². The molecule has 3 aromatic rings. The molecule has 0 saturated heterocycles. The summed E-state index contributed by atoms with van der Waals surface area (Å²) in [7, 11) is 0. The molecule has 0 spiro atoms. The molecule has 10 heteroatoms. The van der Waals surface area contributed by atoms with E-state index in [-0.39, 0.29) is 28.2 Å². The first kappa shape index (κ1) is 22.1. The van der Waals surface area contributed by atoms with Crippen LogP contribution in [0.25, 0.3) is 5.69 Å². The number of halogens is 3. The molecule has 0 unspecified atom stereocenters. The molecular formula is C21H20F3N3O4. The molecule has 1 N–H and O–H groups in total. The highest BCUT2D eigenvalue weighted by Gasteiger charge is 2.30. The van der Waals surface area contributed by atoms with Crippen LogP contribution in [0.5, 0.6) is 0 Å². The number of esters is 1. The summed E-state index contributed by atoms with van der Waals surface area (Å²) in [4.78, 5) is 39.0. The Balaban J connectivity index is 1.68. The van der Waals surface area contributed by atoms with Crippen molar-refractivity contribution >= 4 is 11.8 Å². The van der Waals surface area contributed by atoms with Crippen molar-refractivity contribution in [1.82, 2.24) is 14.1 Å². The number of Topliss-reactive ketones (excluding diaryl/α,β-unsaturated/α-hetero) is 1.